The van der Waals surface area contributed by atoms with Crippen LogP contribution in [0.15, 0.2) is 35.4 Å². The molecule has 0 atom stereocenters. The molecule has 0 aliphatic rings. The standard InChI is InChI=1S/C12H8ClN5O3/c13-12-15-10-9(11(19)16-12)14-6-17(10)5-7-3-1-2-4-8(7)18(20)21/h1-4,6H,5H2,(H,15,16,19). The first-order valence-corrected chi connectivity index (χ1v) is 6.27. The number of aromatic nitrogens is 4. The van der Waals surface area contributed by atoms with E-state index in [9.17, 15) is 14.9 Å². The molecule has 21 heavy (non-hydrogen) atoms. The van der Waals surface area contributed by atoms with Crippen LogP contribution < -0.4 is 5.56 Å². The minimum Gasteiger partial charge on any atom is -0.310 e. The van der Waals surface area contributed by atoms with Gasteiger partial charge in [0.1, 0.15) is 0 Å². The number of nitro groups is 1. The Labute approximate surface area is 122 Å². The largest absolute Gasteiger partial charge is 0.310 e. The van der Waals surface area contributed by atoms with Gasteiger partial charge in [0, 0.05) is 11.6 Å². The minimum absolute atomic E-state index is 0.00436. The predicted molar refractivity (Wildman–Crippen MR) is 75.4 cm³/mol. The number of nitro benzene ring substituents is 1. The fourth-order valence-electron chi connectivity index (χ4n) is 2.05. The summed E-state index contributed by atoms with van der Waals surface area (Å²) in [5, 5.41) is 11.0. The molecule has 2 heterocycles. The minimum atomic E-state index is -0.457. The van der Waals surface area contributed by atoms with Crippen LogP contribution in [0.1, 0.15) is 5.56 Å². The van der Waals surface area contributed by atoms with Gasteiger partial charge < -0.3 is 4.57 Å². The number of aromatic amines is 1. The highest BCUT2D eigenvalue weighted by Crippen LogP contribution is 2.20. The van der Waals surface area contributed by atoms with Gasteiger partial charge in [0.05, 0.1) is 17.8 Å². The monoisotopic (exact) mass is 305 g/mol. The SMILES string of the molecule is O=c1[nH]c(Cl)nc2c1ncn2Cc1ccccc1[N+](=O)[O-]. The zero-order valence-electron chi connectivity index (χ0n) is 10.5. The molecule has 0 saturated carbocycles. The molecular weight excluding hydrogens is 298 g/mol. The molecular formula is C12H8ClN5O3. The topological polar surface area (TPSA) is 107 Å². The van der Waals surface area contributed by atoms with Crippen molar-refractivity contribution in [3.8, 4) is 0 Å². The molecule has 1 aromatic carbocycles. The van der Waals surface area contributed by atoms with E-state index in [2.05, 4.69) is 15.0 Å². The maximum Gasteiger partial charge on any atom is 0.280 e. The first kappa shape index (κ1) is 13.3. The predicted octanol–water partition coefficient (Wildman–Crippen LogP) is 1.73. The normalized spacial score (nSPS) is 10.9. The van der Waals surface area contributed by atoms with E-state index in [0.29, 0.717) is 5.56 Å². The summed E-state index contributed by atoms with van der Waals surface area (Å²) in [6.07, 6.45) is 1.40. The highest BCUT2D eigenvalue weighted by atomic mass is 35.5. The van der Waals surface area contributed by atoms with Gasteiger partial charge in [-0.2, -0.15) is 4.98 Å². The number of fused-ring (bicyclic) bond motifs is 1. The second kappa shape index (κ2) is 4.98. The molecule has 0 unspecified atom stereocenters. The van der Waals surface area contributed by atoms with Crippen molar-refractivity contribution in [2.24, 2.45) is 0 Å². The summed E-state index contributed by atoms with van der Waals surface area (Å²) in [6.45, 7) is 0.167. The molecule has 9 heteroatoms. The van der Waals surface area contributed by atoms with Gasteiger partial charge in [0.2, 0.25) is 5.28 Å². The Morgan fingerprint density at radius 1 is 1.38 bits per heavy atom. The van der Waals surface area contributed by atoms with Crippen molar-refractivity contribution in [1.82, 2.24) is 19.5 Å². The van der Waals surface area contributed by atoms with Gasteiger partial charge in [-0.15, -0.1) is 0 Å². The third kappa shape index (κ3) is 2.36. The van der Waals surface area contributed by atoms with Crippen molar-refractivity contribution in [1.29, 1.82) is 0 Å². The number of nitrogens with one attached hydrogen (secondary N) is 1. The van der Waals surface area contributed by atoms with Crippen LogP contribution in [0.2, 0.25) is 5.28 Å². The number of imidazole rings is 1. The first-order chi connectivity index (χ1) is 10.1. The van der Waals surface area contributed by atoms with E-state index in [1.165, 1.54) is 12.4 Å². The van der Waals surface area contributed by atoms with Crippen molar-refractivity contribution in [2.45, 2.75) is 6.54 Å². The summed E-state index contributed by atoms with van der Waals surface area (Å²) >= 11 is 5.72. The Morgan fingerprint density at radius 2 is 2.14 bits per heavy atom. The molecule has 8 nitrogen and oxygen atoms in total. The van der Waals surface area contributed by atoms with Crippen molar-refractivity contribution < 1.29 is 4.92 Å². The fourth-order valence-corrected chi connectivity index (χ4v) is 2.21. The van der Waals surface area contributed by atoms with Crippen LogP contribution in [0.5, 0.6) is 0 Å². The van der Waals surface area contributed by atoms with E-state index in [4.69, 9.17) is 11.6 Å². The molecule has 1 N–H and O–H groups in total. The number of hydrogen-bond donors (Lipinski definition) is 1. The van der Waals surface area contributed by atoms with E-state index in [1.807, 2.05) is 0 Å². The first-order valence-electron chi connectivity index (χ1n) is 5.89. The molecule has 3 aromatic rings. The smallest absolute Gasteiger partial charge is 0.280 e. The molecule has 0 saturated heterocycles. The molecule has 106 valence electrons. The lowest BCUT2D eigenvalue weighted by Gasteiger charge is -2.04. The van der Waals surface area contributed by atoms with Crippen LogP contribution in [0.25, 0.3) is 11.2 Å². The second-order valence-corrected chi connectivity index (χ2v) is 4.65. The second-order valence-electron chi connectivity index (χ2n) is 4.29. The van der Waals surface area contributed by atoms with Crippen LogP contribution in [-0.2, 0) is 6.54 Å². The molecule has 0 aliphatic carbocycles. The van der Waals surface area contributed by atoms with Crippen molar-refractivity contribution in [3.05, 3.63) is 61.9 Å². The van der Waals surface area contributed by atoms with E-state index in [-0.39, 0.29) is 28.7 Å². The molecule has 3 rings (SSSR count). The molecule has 0 radical (unpaired) electrons. The van der Waals surface area contributed by atoms with Gasteiger partial charge in [-0.25, -0.2) is 4.98 Å². The molecule has 0 spiro atoms. The summed E-state index contributed by atoms with van der Waals surface area (Å²) in [7, 11) is 0. The van der Waals surface area contributed by atoms with Crippen molar-refractivity contribution in [3.63, 3.8) is 0 Å². The lowest BCUT2D eigenvalue weighted by atomic mass is 10.2. The summed E-state index contributed by atoms with van der Waals surface area (Å²) in [6, 6.07) is 6.35. The Bertz CT molecular complexity index is 901. The number of rotatable bonds is 3. The Morgan fingerprint density at radius 3 is 2.90 bits per heavy atom. The Balaban J connectivity index is 2.11. The Kier molecular flexibility index (Phi) is 3.15. The van der Waals surface area contributed by atoms with E-state index in [1.54, 1.807) is 22.8 Å². The molecule has 0 fully saturated rings. The van der Waals surface area contributed by atoms with Gasteiger partial charge in [-0.05, 0) is 11.6 Å². The van der Waals surface area contributed by atoms with E-state index < -0.39 is 10.5 Å². The lowest BCUT2D eigenvalue weighted by Crippen LogP contribution is -2.09. The molecule has 0 aliphatic heterocycles. The third-order valence-electron chi connectivity index (χ3n) is 2.97. The van der Waals surface area contributed by atoms with Crippen molar-refractivity contribution >= 4 is 28.5 Å². The number of nitrogens with zero attached hydrogens (tertiary/aromatic N) is 4. The van der Waals surface area contributed by atoms with Gasteiger partial charge in [0.15, 0.2) is 11.2 Å². The average molecular weight is 306 g/mol. The van der Waals surface area contributed by atoms with Gasteiger partial charge in [-0.1, -0.05) is 18.2 Å². The molecule has 2 aromatic heterocycles. The van der Waals surface area contributed by atoms with Gasteiger partial charge >= 0.3 is 0 Å². The van der Waals surface area contributed by atoms with Crippen molar-refractivity contribution in [2.75, 3.05) is 0 Å². The Hall–Kier alpha value is -2.74. The maximum absolute atomic E-state index is 11.7. The number of hydrogen-bond acceptors (Lipinski definition) is 5. The zero-order valence-corrected chi connectivity index (χ0v) is 11.2. The number of benzene rings is 1. The van der Waals surface area contributed by atoms with Crippen LogP contribution in [-0.4, -0.2) is 24.4 Å². The summed E-state index contributed by atoms with van der Waals surface area (Å²) in [5.74, 6) is 0. The molecule has 0 bridgehead atoms. The number of H-pyrrole nitrogens is 1. The lowest BCUT2D eigenvalue weighted by molar-refractivity contribution is -0.385. The average Bonchev–Trinajstić information content (AvgIpc) is 2.82. The maximum atomic E-state index is 11.7. The summed E-state index contributed by atoms with van der Waals surface area (Å²) in [5.41, 5.74) is 0.446. The van der Waals surface area contributed by atoms with Gasteiger partial charge in [-0.3, -0.25) is 19.9 Å². The number of halogens is 1. The summed E-state index contributed by atoms with van der Waals surface area (Å²) < 4.78 is 1.54. The van der Waals surface area contributed by atoms with Crippen LogP contribution in [0.3, 0.4) is 0 Å². The molecule has 0 amide bonds. The summed E-state index contributed by atoms with van der Waals surface area (Å²) in [4.78, 5) is 32.5. The fraction of sp³-hybridized carbons (Fsp3) is 0.0833. The van der Waals surface area contributed by atoms with Crippen LogP contribution >= 0.6 is 11.6 Å². The highest BCUT2D eigenvalue weighted by Gasteiger charge is 2.15. The van der Waals surface area contributed by atoms with Gasteiger partial charge in [0.25, 0.3) is 11.2 Å². The highest BCUT2D eigenvalue weighted by molar-refractivity contribution is 6.28. The quantitative estimate of drug-likeness (QED) is 0.450. The van der Waals surface area contributed by atoms with E-state index >= 15 is 0 Å². The van der Waals surface area contributed by atoms with Crippen LogP contribution in [0.4, 0.5) is 5.69 Å². The van der Waals surface area contributed by atoms with Crippen LogP contribution in [0, 0.1) is 10.1 Å². The number of para-hydroxylation sites is 1. The third-order valence-corrected chi connectivity index (χ3v) is 3.15. The zero-order chi connectivity index (χ0) is 15.0. The van der Waals surface area contributed by atoms with E-state index in [0.717, 1.165) is 0 Å².